The van der Waals surface area contributed by atoms with E-state index in [-0.39, 0.29) is 0 Å². The van der Waals surface area contributed by atoms with Crippen LogP contribution in [0.1, 0.15) is 5.56 Å². The minimum atomic E-state index is 1.29. The second-order valence-corrected chi connectivity index (χ2v) is 5.51. The van der Waals surface area contributed by atoms with Crippen molar-refractivity contribution in [2.45, 2.75) is 6.92 Å². The molecule has 0 bridgehead atoms. The molecule has 0 aliphatic heterocycles. The molecule has 21 heavy (non-hydrogen) atoms. The van der Waals surface area contributed by atoms with Gasteiger partial charge in [0.15, 0.2) is 0 Å². The zero-order chi connectivity index (χ0) is 14.2. The van der Waals surface area contributed by atoms with Crippen LogP contribution in [-0.2, 0) is 0 Å². The molecule has 4 aromatic carbocycles. The van der Waals surface area contributed by atoms with Gasteiger partial charge in [0.1, 0.15) is 0 Å². The van der Waals surface area contributed by atoms with E-state index in [0.717, 1.165) is 0 Å². The van der Waals surface area contributed by atoms with E-state index in [1.807, 2.05) is 0 Å². The van der Waals surface area contributed by atoms with Gasteiger partial charge in [-0.05, 0) is 45.2 Å². The van der Waals surface area contributed by atoms with Gasteiger partial charge in [-0.15, -0.1) is 0 Å². The van der Waals surface area contributed by atoms with Crippen LogP contribution in [0.15, 0.2) is 78.9 Å². The summed E-state index contributed by atoms with van der Waals surface area (Å²) in [5, 5.41) is 5.24. The van der Waals surface area contributed by atoms with Crippen molar-refractivity contribution in [3.8, 4) is 11.1 Å². The van der Waals surface area contributed by atoms with Crippen molar-refractivity contribution >= 4 is 21.5 Å². The smallest absolute Gasteiger partial charge is 0.00699 e. The monoisotopic (exact) mass is 268 g/mol. The van der Waals surface area contributed by atoms with Crippen LogP contribution in [0.3, 0.4) is 0 Å². The molecule has 0 amide bonds. The lowest BCUT2D eigenvalue weighted by atomic mass is 9.91. The fourth-order valence-electron chi connectivity index (χ4n) is 3.18. The molecule has 0 aliphatic carbocycles. The number of hydrogen-bond acceptors (Lipinski definition) is 0. The molecular formula is C21H16. The first-order valence-corrected chi connectivity index (χ1v) is 7.31. The number of hydrogen-bond donors (Lipinski definition) is 0. The molecule has 0 radical (unpaired) electrons. The molecule has 0 heterocycles. The minimum absolute atomic E-state index is 1.29. The third-order valence-corrected chi connectivity index (χ3v) is 4.20. The molecule has 0 aromatic heterocycles. The summed E-state index contributed by atoms with van der Waals surface area (Å²) in [6.45, 7) is 2.20. The molecule has 0 atom stereocenters. The first-order valence-electron chi connectivity index (χ1n) is 7.31. The summed E-state index contributed by atoms with van der Waals surface area (Å²) in [4.78, 5) is 0. The molecule has 0 nitrogen and oxygen atoms in total. The van der Waals surface area contributed by atoms with E-state index in [1.165, 1.54) is 38.2 Å². The maximum Gasteiger partial charge on any atom is -0.00699 e. The molecule has 100 valence electrons. The van der Waals surface area contributed by atoms with E-state index < -0.39 is 0 Å². The highest BCUT2D eigenvalue weighted by Gasteiger charge is 2.09. The first kappa shape index (κ1) is 12.2. The molecule has 4 rings (SSSR count). The lowest BCUT2D eigenvalue weighted by molar-refractivity contribution is 1.50. The number of rotatable bonds is 1. The summed E-state index contributed by atoms with van der Waals surface area (Å²) in [5.41, 5.74) is 4.00. The van der Waals surface area contributed by atoms with E-state index in [2.05, 4.69) is 85.8 Å². The van der Waals surface area contributed by atoms with Gasteiger partial charge in [-0.3, -0.25) is 0 Å². The maximum atomic E-state index is 2.23. The number of benzene rings is 4. The van der Waals surface area contributed by atoms with E-state index >= 15 is 0 Å². The Morgan fingerprint density at radius 1 is 0.524 bits per heavy atom. The summed E-state index contributed by atoms with van der Waals surface area (Å²) in [6.07, 6.45) is 0. The fraction of sp³-hybridized carbons (Fsp3) is 0.0476. The van der Waals surface area contributed by atoms with Crippen molar-refractivity contribution in [1.82, 2.24) is 0 Å². The molecule has 0 fully saturated rings. The molecule has 0 unspecified atom stereocenters. The van der Waals surface area contributed by atoms with Gasteiger partial charge < -0.3 is 0 Å². The molecular weight excluding hydrogens is 252 g/mol. The molecule has 0 heteroatoms. The van der Waals surface area contributed by atoms with Crippen LogP contribution >= 0.6 is 0 Å². The lowest BCUT2D eigenvalue weighted by Crippen LogP contribution is -1.87. The van der Waals surface area contributed by atoms with Crippen LogP contribution in [0.2, 0.25) is 0 Å². The average Bonchev–Trinajstić information content (AvgIpc) is 2.54. The van der Waals surface area contributed by atoms with Crippen LogP contribution in [-0.4, -0.2) is 0 Å². The Bertz CT molecular complexity index is 943. The standard InChI is InChI=1S/C21H16/c1-15-13-14-17-8-3-5-11-19(17)21(15)20-12-6-9-16-7-2-4-10-18(16)20/h2-14H,1H3. The van der Waals surface area contributed by atoms with Gasteiger partial charge in [0, 0.05) is 0 Å². The minimum Gasteiger partial charge on any atom is -0.0616 e. The van der Waals surface area contributed by atoms with Gasteiger partial charge in [0.25, 0.3) is 0 Å². The summed E-state index contributed by atoms with van der Waals surface area (Å²) < 4.78 is 0. The van der Waals surface area contributed by atoms with Crippen molar-refractivity contribution in [2.75, 3.05) is 0 Å². The van der Waals surface area contributed by atoms with E-state index in [0.29, 0.717) is 0 Å². The third-order valence-electron chi connectivity index (χ3n) is 4.20. The van der Waals surface area contributed by atoms with Gasteiger partial charge in [0.05, 0.1) is 0 Å². The topological polar surface area (TPSA) is 0 Å². The van der Waals surface area contributed by atoms with Gasteiger partial charge in [-0.25, -0.2) is 0 Å². The van der Waals surface area contributed by atoms with Crippen LogP contribution in [0.5, 0.6) is 0 Å². The highest BCUT2D eigenvalue weighted by molar-refractivity contribution is 6.06. The lowest BCUT2D eigenvalue weighted by Gasteiger charge is -2.13. The summed E-state index contributed by atoms with van der Waals surface area (Å²) >= 11 is 0. The van der Waals surface area contributed by atoms with Crippen LogP contribution in [0.4, 0.5) is 0 Å². The van der Waals surface area contributed by atoms with Gasteiger partial charge in [-0.2, -0.15) is 0 Å². The first-order chi connectivity index (χ1) is 10.3. The highest BCUT2D eigenvalue weighted by atomic mass is 14.1. The SMILES string of the molecule is Cc1ccc2ccccc2c1-c1cccc2ccccc12. The summed E-state index contributed by atoms with van der Waals surface area (Å²) in [6, 6.07) is 28.2. The number of fused-ring (bicyclic) bond motifs is 2. The molecule has 4 aromatic rings. The summed E-state index contributed by atoms with van der Waals surface area (Å²) in [5.74, 6) is 0. The van der Waals surface area contributed by atoms with Crippen molar-refractivity contribution in [3.63, 3.8) is 0 Å². The molecule has 0 saturated heterocycles. The predicted octanol–water partition coefficient (Wildman–Crippen LogP) is 5.97. The Kier molecular flexibility index (Phi) is 2.75. The highest BCUT2D eigenvalue weighted by Crippen LogP contribution is 2.36. The Morgan fingerprint density at radius 2 is 1.14 bits per heavy atom. The zero-order valence-electron chi connectivity index (χ0n) is 12.0. The Morgan fingerprint density at radius 3 is 1.95 bits per heavy atom. The van der Waals surface area contributed by atoms with Crippen LogP contribution < -0.4 is 0 Å². The Hall–Kier alpha value is -2.60. The third kappa shape index (κ3) is 1.92. The van der Waals surface area contributed by atoms with Crippen molar-refractivity contribution in [1.29, 1.82) is 0 Å². The van der Waals surface area contributed by atoms with Gasteiger partial charge >= 0.3 is 0 Å². The zero-order valence-corrected chi connectivity index (χ0v) is 12.0. The van der Waals surface area contributed by atoms with Crippen molar-refractivity contribution < 1.29 is 0 Å². The Balaban J connectivity index is 2.16. The second-order valence-electron chi connectivity index (χ2n) is 5.51. The van der Waals surface area contributed by atoms with Gasteiger partial charge in [-0.1, -0.05) is 78.9 Å². The Labute approximate surface area is 124 Å². The molecule has 0 aliphatic rings. The average molecular weight is 268 g/mol. The van der Waals surface area contributed by atoms with Gasteiger partial charge in [0.2, 0.25) is 0 Å². The second kappa shape index (κ2) is 4.75. The molecule has 0 N–H and O–H groups in total. The van der Waals surface area contributed by atoms with Crippen molar-refractivity contribution in [2.24, 2.45) is 0 Å². The van der Waals surface area contributed by atoms with E-state index in [9.17, 15) is 0 Å². The van der Waals surface area contributed by atoms with Crippen molar-refractivity contribution in [3.05, 3.63) is 84.4 Å². The fourth-order valence-corrected chi connectivity index (χ4v) is 3.18. The van der Waals surface area contributed by atoms with Crippen LogP contribution in [0, 0.1) is 6.92 Å². The predicted molar refractivity (Wildman–Crippen MR) is 91.6 cm³/mol. The van der Waals surface area contributed by atoms with E-state index in [1.54, 1.807) is 0 Å². The quantitative estimate of drug-likeness (QED) is 0.399. The number of aryl methyl sites for hydroxylation is 1. The maximum absolute atomic E-state index is 2.23. The van der Waals surface area contributed by atoms with Crippen LogP contribution in [0.25, 0.3) is 32.7 Å². The summed E-state index contributed by atoms with van der Waals surface area (Å²) in [7, 11) is 0. The largest absolute Gasteiger partial charge is 0.0616 e. The van der Waals surface area contributed by atoms with E-state index in [4.69, 9.17) is 0 Å². The molecule has 0 saturated carbocycles. The normalized spacial score (nSPS) is 11.1. The molecule has 0 spiro atoms.